The number of H-pyrrole nitrogens is 1. The second kappa shape index (κ2) is 6.24. The fraction of sp³-hybridized carbons (Fsp3) is 0.176. The summed E-state index contributed by atoms with van der Waals surface area (Å²) in [5, 5.41) is 0.730. The molecule has 0 aliphatic carbocycles. The van der Waals surface area contributed by atoms with Crippen LogP contribution in [0.4, 0.5) is 13.2 Å². The van der Waals surface area contributed by atoms with Gasteiger partial charge in [0.15, 0.2) is 0 Å². The van der Waals surface area contributed by atoms with Crippen molar-refractivity contribution < 1.29 is 13.2 Å². The van der Waals surface area contributed by atoms with Crippen molar-refractivity contribution in [2.45, 2.75) is 19.5 Å². The summed E-state index contributed by atoms with van der Waals surface area (Å²) in [6.07, 6.45) is -2.41. The molecule has 0 spiro atoms. The van der Waals surface area contributed by atoms with E-state index in [4.69, 9.17) is 0 Å². The lowest BCUT2D eigenvalue weighted by molar-refractivity contribution is -0.137. The Balaban J connectivity index is 1.88. The fourth-order valence-corrected chi connectivity index (χ4v) is 3.47. The van der Waals surface area contributed by atoms with Crippen LogP contribution in [-0.4, -0.2) is 9.97 Å². The monoisotopic (exact) mass is 350 g/mol. The molecule has 124 valence electrons. The highest BCUT2D eigenvalue weighted by Gasteiger charge is 2.30. The Kier molecular flexibility index (Phi) is 4.28. The van der Waals surface area contributed by atoms with Gasteiger partial charge in [-0.25, -0.2) is 4.98 Å². The largest absolute Gasteiger partial charge is 0.416 e. The van der Waals surface area contributed by atoms with Gasteiger partial charge in [-0.05, 0) is 24.6 Å². The van der Waals surface area contributed by atoms with Crippen molar-refractivity contribution in [1.82, 2.24) is 9.97 Å². The molecule has 3 rings (SSSR count). The lowest BCUT2D eigenvalue weighted by atomic mass is 10.1. The molecule has 3 nitrogen and oxygen atoms in total. The average molecular weight is 350 g/mol. The van der Waals surface area contributed by atoms with Gasteiger partial charge in [0, 0.05) is 24.2 Å². The average Bonchev–Trinajstić information content (AvgIpc) is 2.88. The number of rotatable bonds is 3. The van der Waals surface area contributed by atoms with Crippen molar-refractivity contribution in [2.24, 2.45) is 0 Å². The molecule has 0 amide bonds. The minimum Gasteiger partial charge on any atom is -0.328 e. The number of aryl methyl sites for hydroxylation is 1. The van der Waals surface area contributed by atoms with E-state index in [0.29, 0.717) is 12.0 Å². The molecular weight excluding hydrogens is 337 g/mol. The second-order valence-corrected chi connectivity index (χ2v) is 6.42. The number of benzene rings is 1. The summed E-state index contributed by atoms with van der Waals surface area (Å²) in [4.78, 5) is 19.1. The molecule has 0 atom stereocenters. The van der Waals surface area contributed by atoms with Gasteiger partial charge < -0.3 is 4.98 Å². The van der Waals surface area contributed by atoms with Gasteiger partial charge in [-0.2, -0.15) is 13.2 Å². The minimum atomic E-state index is -4.35. The topological polar surface area (TPSA) is 45.8 Å². The number of nitrogens with one attached hydrogen (secondary N) is 1. The molecule has 7 heteroatoms. The molecule has 1 aromatic carbocycles. The Hall–Kier alpha value is -2.41. The van der Waals surface area contributed by atoms with Crippen molar-refractivity contribution in [3.63, 3.8) is 0 Å². The number of nitrogens with zero attached hydrogens (tertiary/aromatic N) is 1. The molecule has 2 heterocycles. The zero-order chi connectivity index (χ0) is 17.3. The van der Waals surface area contributed by atoms with Crippen LogP contribution >= 0.6 is 11.3 Å². The van der Waals surface area contributed by atoms with Crippen LogP contribution in [-0.2, 0) is 12.6 Å². The van der Waals surface area contributed by atoms with Crippen molar-refractivity contribution >= 4 is 11.3 Å². The number of hydrogen-bond donors (Lipinski definition) is 1. The highest BCUT2D eigenvalue weighted by molar-refractivity contribution is 7.15. The molecule has 0 fully saturated rings. The predicted octanol–water partition coefficient (Wildman–Crippen LogP) is 4.42. The van der Waals surface area contributed by atoms with Gasteiger partial charge in [-0.3, -0.25) is 4.79 Å². The van der Waals surface area contributed by atoms with Crippen molar-refractivity contribution in [2.75, 3.05) is 0 Å². The fourth-order valence-electron chi connectivity index (χ4n) is 2.38. The van der Waals surface area contributed by atoms with E-state index in [2.05, 4.69) is 9.97 Å². The molecule has 0 saturated carbocycles. The smallest absolute Gasteiger partial charge is 0.328 e. The van der Waals surface area contributed by atoms with Crippen LogP contribution in [0.15, 0.2) is 47.4 Å². The molecule has 2 aromatic heterocycles. The number of alkyl halides is 3. The normalized spacial score (nSPS) is 11.7. The van der Waals surface area contributed by atoms with Crippen LogP contribution in [0, 0.1) is 6.92 Å². The molecule has 0 bridgehead atoms. The Morgan fingerprint density at radius 2 is 2.00 bits per heavy atom. The highest BCUT2D eigenvalue weighted by Crippen LogP contribution is 2.32. The van der Waals surface area contributed by atoms with Gasteiger partial charge >= 0.3 is 6.18 Å². The van der Waals surface area contributed by atoms with E-state index in [0.717, 1.165) is 33.3 Å². The van der Waals surface area contributed by atoms with E-state index in [1.54, 1.807) is 18.3 Å². The lowest BCUT2D eigenvalue weighted by Gasteiger charge is -2.07. The molecule has 24 heavy (non-hydrogen) atoms. The molecule has 0 unspecified atom stereocenters. The molecular formula is C17H13F3N2OS. The first kappa shape index (κ1) is 16.4. The summed E-state index contributed by atoms with van der Waals surface area (Å²) >= 11 is 1.41. The zero-order valence-electron chi connectivity index (χ0n) is 12.6. The van der Waals surface area contributed by atoms with E-state index in [1.165, 1.54) is 23.5 Å². The van der Waals surface area contributed by atoms with Crippen LogP contribution in [0.25, 0.3) is 10.4 Å². The van der Waals surface area contributed by atoms with E-state index < -0.39 is 11.7 Å². The Bertz CT molecular complexity index is 908. The maximum absolute atomic E-state index is 12.8. The summed E-state index contributed by atoms with van der Waals surface area (Å²) in [6, 6.07) is 8.40. The van der Waals surface area contributed by atoms with Crippen LogP contribution in [0.5, 0.6) is 0 Å². The van der Waals surface area contributed by atoms with Crippen molar-refractivity contribution in [3.8, 4) is 10.4 Å². The van der Waals surface area contributed by atoms with Gasteiger partial charge in [0.1, 0.15) is 0 Å². The van der Waals surface area contributed by atoms with Crippen molar-refractivity contribution in [1.29, 1.82) is 0 Å². The van der Waals surface area contributed by atoms with Crippen LogP contribution in [0.2, 0.25) is 0 Å². The van der Waals surface area contributed by atoms with Gasteiger partial charge in [0.25, 0.3) is 0 Å². The van der Waals surface area contributed by atoms with Crippen molar-refractivity contribution in [3.05, 3.63) is 74.8 Å². The number of hydrogen-bond acceptors (Lipinski definition) is 3. The Labute approximate surface area is 139 Å². The zero-order valence-corrected chi connectivity index (χ0v) is 13.5. The summed E-state index contributed by atoms with van der Waals surface area (Å²) in [5.74, 6) is 0. The molecule has 0 radical (unpaired) electrons. The predicted molar refractivity (Wildman–Crippen MR) is 87.2 cm³/mol. The van der Waals surface area contributed by atoms with Gasteiger partial charge in [-0.1, -0.05) is 18.2 Å². The van der Waals surface area contributed by atoms with E-state index in [9.17, 15) is 18.0 Å². The minimum absolute atomic E-state index is 0.190. The second-order valence-electron chi connectivity index (χ2n) is 5.34. The maximum atomic E-state index is 12.8. The summed E-state index contributed by atoms with van der Waals surface area (Å²) in [5.41, 5.74) is 1.33. The van der Waals surface area contributed by atoms with Gasteiger partial charge in [0.2, 0.25) is 5.56 Å². The SMILES string of the molecule is Cc1nc(Cc2cccc(C(F)(F)F)c2)sc1-c1ccc(=O)[nH]c1. The highest BCUT2D eigenvalue weighted by atomic mass is 32.1. The van der Waals surface area contributed by atoms with Crippen LogP contribution in [0.1, 0.15) is 21.8 Å². The van der Waals surface area contributed by atoms with E-state index in [-0.39, 0.29) is 5.56 Å². The third-order valence-electron chi connectivity index (χ3n) is 3.50. The first-order chi connectivity index (χ1) is 11.3. The summed E-state index contributed by atoms with van der Waals surface area (Å²) in [6.45, 7) is 1.84. The molecule has 3 aromatic rings. The van der Waals surface area contributed by atoms with Gasteiger partial charge in [-0.15, -0.1) is 11.3 Å². The number of thiazole rings is 1. The lowest BCUT2D eigenvalue weighted by Crippen LogP contribution is -2.05. The van der Waals surface area contributed by atoms with E-state index in [1.807, 2.05) is 6.92 Å². The third kappa shape index (κ3) is 3.56. The van der Waals surface area contributed by atoms with E-state index >= 15 is 0 Å². The molecule has 0 saturated heterocycles. The van der Waals surface area contributed by atoms with Gasteiger partial charge in [0.05, 0.1) is 21.1 Å². The number of aromatic amines is 1. The van der Waals surface area contributed by atoms with Crippen LogP contribution < -0.4 is 5.56 Å². The molecule has 1 N–H and O–H groups in total. The number of aromatic nitrogens is 2. The summed E-state index contributed by atoms with van der Waals surface area (Å²) < 4.78 is 38.4. The third-order valence-corrected chi connectivity index (χ3v) is 4.70. The van der Waals surface area contributed by atoms with Crippen LogP contribution in [0.3, 0.4) is 0 Å². The Morgan fingerprint density at radius 3 is 2.67 bits per heavy atom. The number of pyridine rings is 1. The molecule has 0 aliphatic rings. The Morgan fingerprint density at radius 1 is 1.21 bits per heavy atom. The number of halogens is 3. The molecule has 0 aliphatic heterocycles. The first-order valence-electron chi connectivity index (χ1n) is 7.14. The first-order valence-corrected chi connectivity index (χ1v) is 7.96. The summed E-state index contributed by atoms with van der Waals surface area (Å²) in [7, 11) is 0. The maximum Gasteiger partial charge on any atom is 0.416 e. The standard InChI is InChI=1S/C17H13F3N2OS/c1-10-16(12-5-6-14(23)21-9-12)24-15(22-10)8-11-3-2-4-13(7-11)17(18,19)20/h2-7,9H,8H2,1H3,(H,21,23). The quantitative estimate of drug-likeness (QED) is 0.760.